The van der Waals surface area contributed by atoms with Crippen LogP contribution in [0.1, 0.15) is 40.0 Å². The topological polar surface area (TPSA) is 0 Å². The van der Waals surface area contributed by atoms with Crippen molar-refractivity contribution >= 4 is 0 Å². The maximum absolute atomic E-state index is 3.83. The van der Waals surface area contributed by atoms with Crippen molar-refractivity contribution in [3.8, 4) is 0 Å². The fourth-order valence-electron chi connectivity index (χ4n) is 1.59. The Bertz CT molecular complexity index is 162. The van der Waals surface area contributed by atoms with E-state index in [1.807, 2.05) is 0 Å². The van der Waals surface area contributed by atoms with Gasteiger partial charge in [0, 0.05) is 79.5 Å². The molecule has 1 aliphatic rings. The largest absolute Gasteiger partial charge is 0.462 e. The molecule has 0 aromatic carbocycles. The number of piperidine rings is 1. The molecule has 1 rings (SSSR count). The fourth-order valence-corrected chi connectivity index (χ4v) is 1.59. The predicted octanol–water partition coefficient (Wildman–Crippen LogP) is 3.35. The number of likely N-dealkylation sites (tertiary alicyclic amines) is 1. The maximum Gasteiger partial charge on any atom is 0.0784 e. The van der Waals surface area contributed by atoms with E-state index in [1.54, 1.807) is 6.92 Å². The Kier molecular flexibility index (Phi) is 25.3. The van der Waals surface area contributed by atoms with Gasteiger partial charge in [-0.1, -0.05) is 0 Å². The molecule has 0 bridgehead atoms. The monoisotopic (exact) mass is 422 g/mol. The van der Waals surface area contributed by atoms with Crippen molar-refractivity contribution in [3.05, 3.63) is 14.0 Å². The normalized spacial score (nSPS) is 16.4. The van der Waals surface area contributed by atoms with Gasteiger partial charge in [-0.25, -0.2) is 0 Å². The first-order valence-electron chi connectivity index (χ1n) is 7.04. The zero-order valence-electron chi connectivity index (χ0n) is 14.4. The first-order chi connectivity index (χ1) is 7.83. The minimum absolute atomic E-state index is 0. The molecule has 2 radical (unpaired) electrons. The standard InChI is InChI=1S/C8H18N.C5H13N.C2H5.2Y/c1-3-9(2)7-5-4-6-8-9;1-5-6(2,3)4;1-2;;/h3-8H2,1-2H3;2,5H2,1,3-4H3;1H2,2H3;;/q+1;;-1;;. The summed E-state index contributed by atoms with van der Waals surface area (Å²) in [5.74, 6) is 0. The van der Waals surface area contributed by atoms with Gasteiger partial charge in [-0.3, -0.25) is 0 Å². The van der Waals surface area contributed by atoms with Crippen LogP contribution in [-0.2, 0) is 65.4 Å². The van der Waals surface area contributed by atoms with Crippen molar-refractivity contribution in [2.75, 3.05) is 47.3 Å². The molecule has 0 spiro atoms. The van der Waals surface area contributed by atoms with E-state index in [4.69, 9.17) is 0 Å². The number of quaternary nitrogens is 2. The second kappa shape index (κ2) is 16.5. The van der Waals surface area contributed by atoms with Crippen LogP contribution in [0.5, 0.6) is 0 Å². The van der Waals surface area contributed by atoms with Gasteiger partial charge in [0.15, 0.2) is 0 Å². The quantitative estimate of drug-likeness (QED) is 0.473. The zero-order chi connectivity index (χ0) is 13.9. The Balaban J connectivity index is -0.000000101. The molecule has 0 N–H and O–H groups in total. The maximum atomic E-state index is 3.83. The van der Waals surface area contributed by atoms with E-state index in [0.29, 0.717) is 0 Å². The number of hydrogen-bond acceptors (Lipinski definition) is 0. The number of nitrogens with zero attached hydrogens (tertiary/aromatic N) is 2. The smallest absolute Gasteiger partial charge is 0.0784 e. The van der Waals surface area contributed by atoms with Crippen LogP contribution in [0, 0.1) is 14.0 Å². The summed E-state index contributed by atoms with van der Waals surface area (Å²) in [5.41, 5.74) is 0. The molecule has 19 heavy (non-hydrogen) atoms. The molecular formula is C15H36N2Y2. The molecule has 0 unspecified atom stereocenters. The van der Waals surface area contributed by atoms with E-state index < -0.39 is 0 Å². The van der Waals surface area contributed by atoms with Gasteiger partial charge in [-0.05, 0) is 33.1 Å². The summed E-state index contributed by atoms with van der Waals surface area (Å²) < 4.78 is 2.14. The molecule has 0 aliphatic carbocycles. The van der Waals surface area contributed by atoms with Gasteiger partial charge in [-0.2, -0.15) is 6.92 Å². The van der Waals surface area contributed by atoms with Crippen LogP contribution in [0.3, 0.4) is 0 Å². The van der Waals surface area contributed by atoms with Crippen molar-refractivity contribution in [1.82, 2.24) is 0 Å². The van der Waals surface area contributed by atoms with E-state index in [-0.39, 0.29) is 65.4 Å². The van der Waals surface area contributed by atoms with Crippen LogP contribution in [0.2, 0.25) is 0 Å². The molecule has 1 saturated heterocycles. The SMILES string of the molecule is CC[N+]1(C)CCCCC1.[CH2-]C.[CH2-][N+](C)(C)CC.[Y].[Y]. The molecule has 0 amide bonds. The van der Waals surface area contributed by atoms with E-state index in [2.05, 4.69) is 49.0 Å². The van der Waals surface area contributed by atoms with Gasteiger partial charge in [-0.15, -0.1) is 7.05 Å². The summed E-state index contributed by atoms with van der Waals surface area (Å²) in [6.07, 6.45) is 4.36. The van der Waals surface area contributed by atoms with Crippen molar-refractivity contribution in [3.63, 3.8) is 0 Å². The van der Waals surface area contributed by atoms with E-state index >= 15 is 0 Å². The Labute approximate surface area is 174 Å². The molecule has 2 nitrogen and oxygen atoms in total. The minimum Gasteiger partial charge on any atom is -0.462 e. The minimum atomic E-state index is 0. The Morgan fingerprint density at radius 2 is 1.26 bits per heavy atom. The van der Waals surface area contributed by atoms with Crippen molar-refractivity contribution in [2.24, 2.45) is 0 Å². The molecule has 112 valence electrons. The van der Waals surface area contributed by atoms with Crippen molar-refractivity contribution in [2.45, 2.75) is 40.0 Å². The van der Waals surface area contributed by atoms with Crippen LogP contribution in [0.25, 0.3) is 0 Å². The number of rotatable bonds is 2. The van der Waals surface area contributed by atoms with Crippen LogP contribution in [0.15, 0.2) is 0 Å². The van der Waals surface area contributed by atoms with Gasteiger partial charge in [0.2, 0.25) is 0 Å². The third kappa shape index (κ3) is 20.1. The van der Waals surface area contributed by atoms with Gasteiger partial charge in [0.1, 0.15) is 0 Å². The summed E-state index contributed by atoms with van der Waals surface area (Å²) in [6, 6.07) is 0. The zero-order valence-corrected chi connectivity index (χ0v) is 20.1. The Morgan fingerprint density at radius 1 is 0.947 bits per heavy atom. The molecule has 0 atom stereocenters. The van der Waals surface area contributed by atoms with Crippen LogP contribution in [-0.4, -0.2) is 56.3 Å². The molecule has 0 saturated carbocycles. The molecule has 0 aromatic heterocycles. The molecule has 4 heteroatoms. The summed E-state index contributed by atoms with van der Waals surface area (Å²) >= 11 is 0. The molecule has 1 fully saturated rings. The first kappa shape index (κ1) is 29.2. The predicted molar refractivity (Wildman–Crippen MR) is 79.3 cm³/mol. The average molecular weight is 422 g/mol. The Hall–Kier alpha value is 2.13. The molecule has 1 heterocycles. The summed E-state index contributed by atoms with van der Waals surface area (Å²) in [5, 5.41) is 0. The third-order valence-corrected chi connectivity index (χ3v) is 3.52. The average Bonchev–Trinajstić information content (AvgIpc) is 2.33. The van der Waals surface area contributed by atoms with Crippen molar-refractivity contribution < 1.29 is 74.4 Å². The van der Waals surface area contributed by atoms with Gasteiger partial charge in [0.25, 0.3) is 0 Å². The second-order valence-electron chi connectivity index (χ2n) is 5.70. The Morgan fingerprint density at radius 3 is 1.42 bits per heavy atom. The van der Waals surface area contributed by atoms with Crippen LogP contribution < -0.4 is 0 Å². The molecular weight excluding hydrogens is 386 g/mol. The van der Waals surface area contributed by atoms with Gasteiger partial charge >= 0.3 is 0 Å². The summed E-state index contributed by atoms with van der Waals surface area (Å²) in [7, 11) is 10.3. The van der Waals surface area contributed by atoms with E-state index in [0.717, 1.165) is 11.0 Å². The molecule has 0 aromatic rings. The summed E-state index contributed by atoms with van der Waals surface area (Å²) in [6.45, 7) is 14.7. The van der Waals surface area contributed by atoms with Gasteiger partial charge in [0.05, 0.1) is 33.2 Å². The van der Waals surface area contributed by atoms with E-state index in [9.17, 15) is 0 Å². The second-order valence-corrected chi connectivity index (χ2v) is 5.70. The molecule has 1 aliphatic heterocycles. The van der Waals surface area contributed by atoms with Crippen molar-refractivity contribution in [1.29, 1.82) is 0 Å². The third-order valence-electron chi connectivity index (χ3n) is 3.52. The van der Waals surface area contributed by atoms with Gasteiger partial charge < -0.3 is 15.9 Å². The number of hydrogen-bond donors (Lipinski definition) is 0. The summed E-state index contributed by atoms with van der Waals surface area (Å²) in [4.78, 5) is 0. The fraction of sp³-hybridized carbons (Fsp3) is 0.867. The van der Waals surface area contributed by atoms with Crippen LogP contribution >= 0.6 is 0 Å². The first-order valence-corrected chi connectivity index (χ1v) is 7.04. The van der Waals surface area contributed by atoms with Crippen LogP contribution in [0.4, 0.5) is 0 Å². The van der Waals surface area contributed by atoms with E-state index in [1.165, 1.54) is 43.4 Å².